The quantitative estimate of drug-likeness (QED) is 0.711. The highest BCUT2D eigenvalue weighted by Crippen LogP contribution is 2.19. The summed E-state index contributed by atoms with van der Waals surface area (Å²) >= 11 is 0. The first-order chi connectivity index (χ1) is 12.5. The second-order valence-corrected chi connectivity index (χ2v) is 5.54. The average molecular weight is 357 g/mol. The number of hydrogen-bond donors (Lipinski definition) is 2. The lowest BCUT2D eigenvalue weighted by Gasteiger charge is -2.08. The highest BCUT2D eigenvalue weighted by molar-refractivity contribution is 5.91. The molecule has 0 radical (unpaired) electrons. The third-order valence-corrected chi connectivity index (χ3v) is 3.49. The van der Waals surface area contributed by atoms with Crippen molar-refractivity contribution in [3.8, 4) is 0 Å². The molecule has 1 aromatic heterocycles. The van der Waals surface area contributed by atoms with Crippen molar-refractivity contribution in [1.82, 2.24) is 4.98 Å². The molecule has 3 rings (SSSR count). The molecule has 0 aliphatic heterocycles. The van der Waals surface area contributed by atoms with Gasteiger partial charge in [-0.2, -0.15) is 0 Å². The van der Waals surface area contributed by atoms with Crippen LogP contribution in [-0.2, 0) is 11.2 Å². The molecule has 26 heavy (non-hydrogen) atoms. The Hall–Kier alpha value is -3.35. The summed E-state index contributed by atoms with van der Waals surface area (Å²) in [6, 6.07) is 12.4. The van der Waals surface area contributed by atoms with Gasteiger partial charge in [-0.3, -0.25) is 4.79 Å². The summed E-state index contributed by atoms with van der Waals surface area (Å²) < 4.78 is 39.2. The molecule has 4 nitrogen and oxygen atoms in total. The lowest BCUT2D eigenvalue weighted by Crippen LogP contribution is -2.15. The maximum Gasteiger partial charge on any atom is 0.229 e. The van der Waals surface area contributed by atoms with Gasteiger partial charge >= 0.3 is 0 Å². The summed E-state index contributed by atoms with van der Waals surface area (Å²) in [4.78, 5) is 16.0. The van der Waals surface area contributed by atoms with Crippen LogP contribution in [0.15, 0.2) is 60.8 Å². The number of pyridine rings is 1. The molecular formula is C19H14F3N3O. The number of nitrogens with zero attached hydrogens (tertiary/aromatic N) is 1. The molecule has 7 heteroatoms. The number of carbonyl (C=O) groups excluding carboxylic acids is 1. The van der Waals surface area contributed by atoms with Crippen LogP contribution < -0.4 is 10.6 Å². The van der Waals surface area contributed by atoms with E-state index in [4.69, 9.17) is 0 Å². The van der Waals surface area contributed by atoms with Crippen LogP contribution in [0.25, 0.3) is 0 Å². The van der Waals surface area contributed by atoms with Gasteiger partial charge in [0.15, 0.2) is 11.6 Å². The first-order valence-corrected chi connectivity index (χ1v) is 7.72. The Balaban J connectivity index is 1.60. The lowest BCUT2D eigenvalue weighted by molar-refractivity contribution is -0.115. The van der Waals surface area contributed by atoms with E-state index in [0.717, 1.165) is 12.1 Å². The fourth-order valence-electron chi connectivity index (χ4n) is 2.30. The fourth-order valence-corrected chi connectivity index (χ4v) is 2.30. The Morgan fingerprint density at radius 3 is 2.42 bits per heavy atom. The van der Waals surface area contributed by atoms with Gasteiger partial charge in [0, 0.05) is 11.8 Å². The van der Waals surface area contributed by atoms with Gasteiger partial charge in [0.25, 0.3) is 0 Å². The van der Waals surface area contributed by atoms with Crippen LogP contribution in [-0.4, -0.2) is 10.9 Å². The van der Waals surface area contributed by atoms with Crippen LogP contribution in [0, 0.1) is 17.5 Å². The number of benzene rings is 2. The van der Waals surface area contributed by atoms with Crippen molar-refractivity contribution in [1.29, 1.82) is 0 Å². The van der Waals surface area contributed by atoms with Crippen LogP contribution >= 0.6 is 0 Å². The maximum atomic E-state index is 13.2. The summed E-state index contributed by atoms with van der Waals surface area (Å²) in [6.45, 7) is 0. The minimum absolute atomic E-state index is 0.0221. The van der Waals surface area contributed by atoms with E-state index < -0.39 is 17.5 Å². The predicted octanol–water partition coefficient (Wildman–Crippen LogP) is 4.42. The van der Waals surface area contributed by atoms with Crippen molar-refractivity contribution in [2.24, 2.45) is 0 Å². The summed E-state index contributed by atoms with van der Waals surface area (Å²) in [6.07, 6.45) is 1.47. The van der Waals surface area contributed by atoms with Crippen molar-refractivity contribution >= 4 is 23.1 Å². The van der Waals surface area contributed by atoms with Crippen molar-refractivity contribution in [2.45, 2.75) is 6.42 Å². The van der Waals surface area contributed by atoms with Crippen molar-refractivity contribution in [3.05, 3.63) is 83.8 Å². The summed E-state index contributed by atoms with van der Waals surface area (Å²) in [5, 5.41) is 5.48. The topological polar surface area (TPSA) is 54.0 Å². The minimum Gasteiger partial charge on any atom is -0.354 e. The van der Waals surface area contributed by atoms with Gasteiger partial charge in [0.2, 0.25) is 5.91 Å². The van der Waals surface area contributed by atoms with E-state index in [1.807, 2.05) is 0 Å². The zero-order valence-electron chi connectivity index (χ0n) is 13.5. The van der Waals surface area contributed by atoms with E-state index in [2.05, 4.69) is 15.6 Å². The van der Waals surface area contributed by atoms with E-state index in [1.54, 1.807) is 18.2 Å². The van der Waals surface area contributed by atoms with E-state index in [1.165, 1.54) is 30.5 Å². The van der Waals surface area contributed by atoms with Gasteiger partial charge in [-0.05, 0) is 42.0 Å². The molecule has 0 spiro atoms. The van der Waals surface area contributed by atoms with E-state index in [0.29, 0.717) is 22.8 Å². The number of halogens is 3. The number of hydrogen-bond acceptors (Lipinski definition) is 3. The Morgan fingerprint density at radius 1 is 0.923 bits per heavy atom. The zero-order chi connectivity index (χ0) is 18.5. The van der Waals surface area contributed by atoms with Gasteiger partial charge in [-0.25, -0.2) is 18.2 Å². The molecular weight excluding hydrogens is 343 g/mol. The fraction of sp³-hybridized carbons (Fsp3) is 0.0526. The van der Waals surface area contributed by atoms with Gasteiger partial charge in [0.05, 0.1) is 18.3 Å². The van der Waals surface area contributed by atoms with Crippen molar-refractivity contribution < 1.29 is 18.0 Å². The average Bonchev–Trinajstić information content (AvgIpc) is 2.60. The second-order valence-electron chi connectivity index (χ2n) is 5.54. The Kier molecular flexibility index (Phi) is 5.17. The Labute approximate surface area is 147 Å². The van der Waals surface area contributed by atoms with Crippen LogP contribution in [0.5, 0.6) is 0 Å². The van der Waals surface area contributed by atoms with Crippen molar-refractivity contribution in [3.63, 3.8) is 0 Å². The van der Waals surface area contributed by atoms with Crippen molar-refractivity contribution in [2.75, 3.05) is 10.6 Å². The molecule has 0 fully saturated rings. The zero-order valence-corrected chi connectivity index (χ0v) is 13.5. The molecule has 2 aromatic carbocycles. The van der Waals surface area contributed by atoms with Gasteiger partial charge in [0.1, 0.15) is 11.6 Å². The van der Waals surface area contributed by atoms with Gasteiger partial charge in [-0.15, -0.1) is 0 Å². The molecule has 3 aromatic rings. The SMILES string of the molecule is O=C(Cc1cccc(F)c1)Nc1ccc(Nc2ccc(F)c(F)c2)cn1. The van der Waals surface area contributed by atoms with Gasteiger partial charge < -0.3 is 10.6 Å². The third kappa shape index (κ3) is 4.60. The highest BCUT2D eigenvalue weighted by atomic mass is 19.2. The largest absolute Gasteiger partial charge is 0.354 e. The standard InChI is InChI=1S/C19H14F3N3O/c20-13-3-1-2-12(8-13)9-19(26)25-18-7-5-15(11-23-18)24-14-4-6-16(21)17(22)10-14/h1-8,10-11,24H,9H2,(H,23,25,26). The molecule has 0 saturated carbocycles. The van der Waals surface area contributed by atoms with Crippen LogP contribution in [0.4, 0.5) is 30.4 Å². The van der Waals surface area contributed by atoms with E-state index >= 15 is 0 Å². The summed E-state index contributed by atoms with van der Waals surface area (Å²) in [5.41, 5.74) is 1.46. The molecule has 0 atom stereocenters. The van der Waals surface area contributed by atoms with Gasteiger partial charge in [-0.1, -0.05) is 12.1 Å². The normalized spacial score (nSPS) is 10.4. The molecule has 0 aliphatic carbocycles. The highest BCUT2D eigenvalue weighted by Gasteiger charge is 2.07. The molecule has 0 unspecified atom stereocenters. The maximum absolute atomic E-state index is 13.2. The molecule has 2 N–H and O–H groups in total. The lowest BCUT2D eigenvalue weighted by atomic mass is 10.1. The summed E-state index contributed by atoms with van der Waals surface area (Å²) in [7, 11) is 0. The first kappa shape index (κ1) is 17.5. The first-order valence-electron chi connectivity index (χ1n) is 7.72. The summed E-state index contributed by atoms with van der Waals surface area (Å²) in [5.74, 6) is -2.29. The molecule has 0 aliphatic rings. The number of carbonyl (C=O) groups is 1. The number of nitrogens with one attached hydrogen (secondary N) is 2. The minimum atomic E-state index is -0.954. The molecule has 0 saturated heterocycles. The number of anilines is 3. The number of amides is 1. The van der Waals surface area contributed by atoms with Crippen LogP contribution in [0.3, 0.4) is 0 Å². The van der Waals surface area contributed by atoms with E-state index in [-0.39, 0.29) is 12.3 Å². The molecule has 132 valence electrons. The Morgan fingerprint density at radius 2 is 1.73 bits per heavy atom. The molecule has 1 amide bonds. The molecule has 0 bridgehead atoms. The predicted molar refractivity (Wildman–Crippen MR) is 92.6 cm³/mol. The Bertz CT molecular complexity index is 930. The number of rotatable bonds is 5. The number of aromatic nitrogens is 1. The molecule has 1 heterocycles. The van der Waals surface area contributed by atoms with Crippen LogP contribution in [0.2, 0.25) is 0 Å². The van der Waals surface area contributed by atoms with Crippen LogP contribution in [0.1, 0.15) is 5.56 Å². The second kappa shape index (κ2) is 7.69. The third-order valence-electron chi connectivity index (χ3n) is 3.49. The van der Waals surface area contributed by atoms with E-state index in [9.17, 15) is 18.0 Å². The smallest absolute Gasteiger partial charge is 0.229 e. The monoisotopic (exact) mass is 357 g/mol.